The zero-order chi connectivity index (χ0) is 15.6. The maximum Gasteiger partial charge on any atom is 0.300 e. The van der Waals surface area contributed by atoms with Gasteiger partial charge >= 0.3 is 5.69 Å². The van der Waals surface area contributed by atoms with E-state index in [1.165, 1.54) is 13.0 Å². The minimum Gasteiger partial charge on any atom is -0.371 e. The molecule has 1 aromatic carbocycles. The molecule has 0 radical (unpaired) electrons. The first-order chi connectivity index (χ1) is 9.91. The Labute approximate surface area is 120 Å². The van der Waals surface area contributed by atoms with Crippen molar-refractivity contribution in [1.82, 2.24) is 15.2 Å². The SMILES string of the molecule is CC(=O)N(C)CCN(C)c1ccc([N+](=O)[O-])c2nonc12. The summed E-state index contributed by atoms with van der Waals surface area (Å²) in [6, 6.07) is 2.96. The average Bonchev–Trinajstić information content (AvgIpc) is 2.91. The van der Waals surface area contributed by atoms with Crippen LogP contribution in [0.15, 0.2) is 16.8 Å². The lowest BCUT2D eigenvalue weighted by Gasteiger charge is -2.22. The standard InChI is InChI=1S/C12H15N5O4/c1-8(18)15(2)6-7-16(3)9-4-5-10(17(19)20)12-11(9)13-21-14-12/h4-5H,6-7H2,1-3H3. The summed E-state index contributed by atoms with van der Waals surface area (Å²) < 4.78 is 4.61. The predicted octanol–water partition coefficient (Wildman–Crippen LogP) is 1.05. The molecule has 2 aromatic rings. The number of nitro groups is 1. The summed E-state index contributed by atoms with van der Waals surface area (Å²) in [5.74, 6) is -0.0275. The first-order valence-electron chi connectivity index (χ1n) is 6.24. The van der Waals surface area contributed by atoms with Gasteiger partial charge in [0.05, 0.1) is 10.6 Å². The molecule has 0 spiro atoms. The minimum atomic E-state index is -0.528. The molecule has 0 atom stereocenters. The highest BCUT2D eigenvalue weighted by Crippen LogP contribution is 2.30. The third kappa shape index (κ3) is 2.91. The number of rotatable bonds is 5. The number of aromatic nitrogens is 2. The largest absolute Gasteiger partial charge is 0.371 e. The maximum absolute atomic E-state index is 11.2. The molecule has 9 nitrogen and oxygen atoms in total. The summed E-state index contributed by atoms with van der Waals surface area (Å²) >= 11 is 0. The predicted molar refractivity (Wildman–Crippen MR) is 75.0 cm³/mol. The molecule has 0 N–H and O–H groups in total. The van der Waals surface area contributed by atoms with Crippen molar-refractivity contribution in [2.75, 3.05) is 32.1 Å². The lowest BCUT2D eigenvalue weighted by atomic mass is 10.2. The van der Waals surface area contributed by atoms with Crippen LogP contribution in [0, 0.1) is 10.1 Å². The summed E-state index contributed by atoms with van der Waals surface area (Å²) in [6.45, 7) is 2.57. The van der Waals surface area contributed by atoms with Crippen molar-refractivity contribution in [3.63, 3.8) is 0 Å². The van der Waals surface area contributed by atoms with E-state index < -0.39 is 4.92 Å². The molecule has 112 valence electrons. The van der Waals surface area contributed by atoms with Crippen molar-refractivity contribution in [1.29, 1.82) is 0 Å². The maximum atomic E-state index is 11.2. The molecule has 2 rings (SSSR count). The molecule has 0 bridgehead atoms. The highest BCUT2D eigenvalue weighted by atomic mass is 16.6. The Bertz CT molecular complexity index is 683. The number of nitrogens with zero attached hydrogens (tertiary/aromatic N) is 5. The lowest BCUT2D eigenvalue weighted by Crippen LogP contribution is -2.33. The molecule has 0 fully saturated rings. The van der Waals surface area contributed by atoms with Crippen LogP contribution in [0.2, 0.25) is 0 Å². The van der Waals surface area contributed by atoms with Gasteiger partial charge in [0.1, 0.15) is 0 Å². The van der Waals surface area contributed by atoms with Crippen molar-refractivity contribution < 1.29 is 14.3 Å². The zero-order valence-electron chi connectivity index (χ0n) is 11.9. The van der Waals surface area contributed by atoms with Gasteiger partial charge in [-0.1, -0.05) is 0 Å². The fourth-order valence-electron chi connectivity index (χ4n) is 1.87. The average molecular weight is 293 g/mol. The first-order valence-corrected chi connectivity index (χ1v) is 6.24. The van der Waals surface area contributed by atoms with Crippen molar-refractivity contribution in [3.8, 4) is 0 Å². The second-order valence-electron chi connectivity index (χ2n) is 4.68. The van der Waals surface area contributed by atoms with E-state index in [9.17, 15) is 14.9 Å². The molecule has 1 aromatic heterocycles. The van der Waals surface area contributed by atoms with Gasteiger partial charge in [-0.15, -0.1) is 0 Å². The monoisotopic (exact) mass is 293 g/mol. The van der Waals surface area contributed by atoms with E-state index in [1.807, 2.05) is 11.9 Å². The summed E-state index contributed by atoms with van der Waals surface area (Å²) in [5.41, 5.74) is 0.958. The molecular formula is C12H15N5O4. The highest BCUT2D eigenvalue weighted by molar-refractivity contribution is 5.93. The van der Waals surface area contributed by atoms with E-state index in [0.29, 0.717) is 24.3 Å². The number of hydrogen-bond donors (Lipinski definition) is 0. The lowest BCUT2D eigenvalue weighted by molar-refractivity contribution is -0.383. The smallest absolute Gasteiger partial charge is 0.300 e. The van der Waals surface area contributed by atoms with Gasteiger partial charge in [0, 0.05) is 40.2 Å². The third-order valence-electron chi connectivity index (χ3n) is 3.29. The molecule has 0 aliphatic rings. The van der Waals surface area contributed by atoms with Crippen LogP contribution in [0.1, 0.15) is 6.92 Å². The number of non-ortho nitro benzene ring substituents is 1. The molecule has 1 heterocycles. The fourth-order valence-corrected chi connectivity index (χ4v) is 1.87. The molecule has 0 saturated heterocycles. The Morgan fingerprint density at radius 2 is 1.95 bits per heavy atom. The van der Waals surface area contributed by atoms with E-state index in [1.54, 1.807) is 18.0 Å². The van der Waals surface area contributed by atoms with Gasteiger partial charge in [0.25, 0.3) is 0 Å². The molecule has 9 heteroatoms. The molecule has 0 aliphatic heterocycles. The van der Waals surface area contributed by atoms with Crippen molar-refractivity contribution in [2.45, 2.75) is 6.92 Å². The van der Waals surface area contributed by atoms with Gasteiger partial charge in [0.2, 0.25) is 11.4 Å². The van der Waals surface area contributed by atoms with Crippen molar-refractivity contribution >= 4 is 28.3 Å². The first kappa shape index (κ1) is 14.7. The normalized spacial score (nSPS) is 10.6. The van der Waals surface area contributed by atoms with Crippen molar-refractivity contribution in [2.24, 2.45) is 0 Å². The Morgan fingerprint density at radius 3 is 2.57 bits per heavy atom. The molecule has 0 unspecified atom stereocenters. The van der Waals surface area contributed by atoms with Crippen LogP contribution >= 0.6 is 0 Å². The van der Waals surface area contributed by atoms with Gasteiger partial charge in [-0.25, -0.2) is 4.63 Å². The Kier molecular flexibility index (Phi) is 4.01. The second-order valence-corrected chi connectivity index (χ2v) is 4.68. The number of anilines is 1. The van der Waals surface area contributed by atoms with Gasteiger partial charge in [-0.2, -0.15) is 0 Å². The van der Waals surface area contributed by atoms with Crippen LogP contribution in [0.3, 0.4) is 0 Å². The molecule has 0 aliphatic carbocycles. The van der Waals surface area contributed by atoms with Gasteiger partial charge < -0.3 is 9.80 Å². The summed E-state index contributed by atoms with van der Waals surface area (Å²) in [6.07, 6.45) is 0. The van der Waals surface area contributed by atoms with Gasteiger partial charge in [-0.3, -0.25) is 14.9 Å². The Hall–Kier alpha value is -2.71. The van der Waals surface area contributed by atoms with Crippen LogP contribution in [0.4, 0.5) is 11.4 Å². The van der Waals surface area contributed by atoms with Crippen molar-refractivity contribution in [3.05, 3.63) is 22.2 Å². The number of amides is 1. The number of benzene rings is 1. The minimum absolute atomic E-state index is 0.0275. The molecule has 1 amide bonds. The highest BCUT2D eigenvalue weighted by Gasteiger charge is 2.21. The number of likely N-dealkylation sites (N-methyl/N-ethyl adjacent to an activating group) is 2. The molecule has 21 heavy (non-hydrogen) atoms. The van der Waals surface area contributed by atoms with Gasteiger partial charge in [-0.05, 0) is 16.4 Å². The fraction of sp³-hybridized carbons (Fsp3) is 0.417. The number of carbonyl (C=O) groups excluding carboxylic acids is 1. The number of hydrogen-bond acceptors (Lipinski definition) is 7. The second kappa shape index (κ2) is 5.73. The van der Waals surface area contributed by atoms with E-state index in [0.717, 1.165) is 0 Å². The Morgan fingerprint density at radius 1 is 1.29 bits per heavy atom. The number of carbonyl (C=O) groups is 1. The topological polar surface area (TPSA) is 106 Å². The quantitative estimate of drug-likeness (QED) is 0.599. The van der Waals surface area contributed by atoms with Gasteiger partial charge in [0.15, 0.2) is 5.52 Å². The number of fused-ring (bicyclic) bond motifs is 1. The summed E-state index contributed by atoms with van der Waals surface area (Å²) in [4.78, 5) is 25.0. The van der Waals surface area contributed by atoms with Crippen LogP contribution < -0.4 is 4.90 Å². The van der Waals surface area contributed by atoms with Crippen LogP contribution in [-0.4, -0.2) is 53.2 Å². The van der Waals surface area contributed by atoms with Crippen LogP contribution in [0.5, 0.6) is 0 Å². The van der Waals surface area contributed by atoms with E-state index >= 15 is 0 Å². The van der Waals surface area contributed by atoms with Crippen LogP contribution in [0.25, 0.3) is 11.0 Å². The Balaban J connectivity index is 2.26. The van der Waals surface area contributed by atoms with Crippen LogP contribution in [-0.2, 0) is 4.79 Å². The van der Waals surface area contributed by atoms with E-state index in [-0.39, 0.29) is 17.1 Å². The summed E-state index contributed by atoms with van der Waals surface area (Å²) in [5, 5.41) is 18.2. The zero-order valence-corrected chi connectivity index (χ0v) is 11.9. The molecular weight excluding hydrogens is 278 g/mol. The molecule has 0 saturated carbocycles. The third-order valence-corrected chi connectivity index (χ3v) is 3.29. The number of nitro benzene ring substituents is 1. The van der Waals surface area contributed by atoms with E-state index in [4.69, 9.17) is 0 Å². The van der Waals surface area contributed by atoms with E-state index in [2.05, 4.69) is 14.9 Å². The summed E-state index contributed by atoms with van der Waals surface area (Å²) in [7, 11) is 3.52.